The van der Waals surface area contributed by atoms with E-state index >= 15 is 0 Å². The minimum absolute atomic E-state index is 0.133. The normalized spacial score (nSPS) is 11.3. The zero-order valence-electron chi connectivity index (χ0n) is 8.38. The molecule has 0 aliphatic carbocycles. The Hall–Kier alpha value is -1.30. The molecule has 11 heavy (non-hydrogen) atoms. The van der Waals surface area contributed by atoms with E-state index in [1.807, 2.05) is 30.3 Å². The average molecular weight is 146 g/mol. The van der Waals surface area contributed by atoms with Gasteiger partial charge in [-0.3, -0.25) is 0 Å². The molecule has 1 rings (SSSR count). The van der Waals surface area contributed by atoms with E-state index in [0.29, 0.717) is 6.42 Å². The summed E-state index contributed by atoms with van der Waals surface area (Å²) in [5.74, 6) is 0. The third-order valence-corrected chi connectivity index (χ3v) is 1.47. The first-order valence-electron chi connectivity index (χ1n) is 4.58. The largest absolute Gasteiger partial charge is 0.103 e. The summed E-state index contributed by atoms with van der Waals surface area (Å²) >= 11 is 0. The van der Waals surface area contributed by atoms with E-state index in [-0.39, 0.29) is 6.53 Å². The number of benzene rings is 1. The first-order chi connectivity index (χ1) is 6.25. The highest BCUT2D eigenvalue weighted by Gasteiger charge is 1.92. The van der Waals surface area contributed by atoms with Crippen molar-refractivity contribution in [1.29, 1.82) is 0 Å². The van der Waals surface area contributed by atoms with Gasteiger partial charge in [0.15, 0.2) is 0 Å². The van der Waals surface area contributed by atoms with E-state index in [9.17, 15) is 0 Å². The lowest BCUT2D eigenvalue weighted by Crippen LogP contribution is -1.78. The van der Waals surface area contributed by atoms with Crippen molar-refractivity contribution in [3.63, 3.8) is 0 Å². The van der Waals surface area contributed by atoms with Crippen molar-refractivity contribution in [1.82, 2.24) is 0 Å². The Bertz CT molecular complexity index is 308. The summed E-state index contributed by atoms with van der Waals surface area (Å²) in [4.78, 5) is 0. The molecule has 1 aromatic carbocycles. The number of hydrogen-bond donors (Lipinski definition) is 0. The van der Waals surface area contributed by atoms with Crippen LogP contribution >= 0.6 is 0 Å². The van der Waals surface area contributed by atoms with E-state index in [0.717, 1.165) is 11.1 Å². The molecule has 0 unspecified atom stereocenters. The lowest BCUT2D eigenvalue weighted by Gasteiger charge is -2.00. The van der Waals surface area contributed by atoms with Gasteiger partial charge in [-0.25, -0.2) is 0 Å². The summed E-state index contributed by atoms with van der Waals surface area (Å²) < 4.78 is 14.5. The summed E-state index contributed by atoms with van der Waals surface area (Å²) in [6, 6.07) is 9.54. The summed E-state index contributed by atoms with van der Waals surface area (Å²) in [6.45, 7) is 3.47. The fraction of sp³-hybridized carbons (Fsp3) is 0.0909. The predicted octanol–water partition coefficient (Wildman–Crippen LogP) is 3.28. The lowest BCUT2D eigenvalue weighted by molar-refractivity contribution is 1.41. The van der Waals surface area contributed by atoms with E-state index in [1.165, 1.54) is 0 Å². The minimum Gasteiger partial charge on any atom is -0.103 e. The van der Waals surface area contributed by atoms with Gasteiger partial charge >= 0.3 is 0 Å². The van der Waals surface area contributed by atoms with Crippen LogP contribution in [0.1, 0.15) is 14.7 Å². The predicted molar refractivity (Wildman–Crippen MR) is 50.3 cm³/mol. The molecule has 0 nitrogen and oxygen atoms in total. The molecule has 0 saturated heterocycles. The summed E-state index contributed by atoms with van der Waals surface area (Å²) in [7, 11) is 0. The van der Waals surface area contributed by atoms with Crippen LogP contribution in [0.5, 0.6) is 0 Å². The van der Waals surface area contributed by atoms with Gasteiger partial charge in [-0.1, -0.05) is 42.9 Å². The second kappa shape index (κ2) is 3.77. The fourth-order valence-corrected chi connectivity index (χ4v) is 0.902. The number of allylic oxidation sites excluding steroid dienone is 2. The highest BCUT2D eigenvalue weighted by molar-refractivity contribution is 5.64. The molecule has 0 atom stereocenters. The fourth-order valence-electron chi connectivity index (χ4n) is 0.902. The molecule has 56 valence electrons. The van der Waals surface area contributed by atoms with Gasteiger partial charge in [0.1, 0.15) is 0 Å². The molecular weight excluding hydrogens is 132 g/mol. The van der Waals surface area contributed by atoms with Crippen LogP contribution in [0.15, 0.2) is 49.5 Å². The van der Waals surface area contributed by atoms with Crippen molar-refractivity contribution in [2.75, 3.05) is 0 Å². The second-order valence-corrected chi connectivity index (χ2v) is 2.34. The molecule has 0 spiro atoms. The van der Waals surface area contributed by atoms with Gasteiger partial charge in [0.25, 0.3) is 0 Å². The Balaban J connectivity index is 3.04. The standard InChI is InChI=1S/C11H12/c1-3-7-10(2)11-8-5-4-6-9-11/h3-6,8-9H,1-2,7H2/i2D2. The zero-order chi connectivity index (χ0) is 9.68. The maximum absolute atomic E-state index is 7.27. The summed E-state index contributed by atoms with van der Waals surface area (Å²) in [6.07, 6.45) is 2.29. The Morgan fingerprint density at radius 3 is 2.73 bits per heavy atom. The monoisotopic (exact) mass is 146 g/mol. The van der Waals surface area contributed by atoms with Gasteiger partial charge < -0.3 is 0 Å². The van der Waals surface area contributed by atoms with Crippen LogP contribution in [0.25, 0.3) is 5.57 Å². The molecule has 0 fully saturated rings. The molecule has 0 amide bonds. The Labute approximate surface area is 70.7 Å². The molecule has 0 aromatic heterocycles. The number of rotatable bonds is 3. The molecular formula is C11H12. The third kappa shape index (κ3) is 2.08. The number of hydrogen-bond acceptors (Lipinski definition) is 0. The Morgan fingerprint density at radius 1 is 1.45 bits per heavy atom. The van der Waals surface area contributed by atoms with Crippen LogP contribution in [0.4, 0.5) is 0 Å². The maximum atomic E-state index is 7.27. The van der Waals surface area contributed by atoms with Gasteiger partial charge in [0, 0.05) is 0 Å². The molecule has 0 heterocycles. The van der Waals surface area contributed by atoms with Crippen LogP contribution in [0, 0.1) is 0 Å². The van der Waals surface area contributed by atoms with Gasteiger partial charge in [0.2, 0.25) is 0 Å². The van der Waals surface area contributed by atoms with Crippen molar-refractivity contribution in [2.24, 2.45) is 0 Å². The van der Waals surface area contributed by atoms with E-state index < -0.39 is 0 Å². The molecule has 0 saturated carbocycles. The molecule has 1 aromatic rings. The Kier molecular flexibility index (Phi) is 1.84. The molecule has 0 aliphatic heterocycles. The highest BCUT2D eigenvalue weighted by Crippen LogP contribution is 2.14. The zero-order valence-corrected chi connectivity index (χ0v) is 6.38. The molecule has 0 heteroatoms. The van der Waals surface area contributed by atoms with E-state index in [2.05, 4.69) is 6.58 Å². The molecule has 0 radical (unpaired) electrons. The van der Waals surface area contributed by atoms with E-state index in [1.54, 1.807) is 6.08 Å². The van der Waals surface area contributed by atoms with Crippen LogP contribution in [-0.2, 0) is 0 Å². The van der Waals surface area contributed by atoms with Crippen molar-refractivity contribution in [3.05, 3.63) is 55.1 Å². The Morgan fingerprint density at radius 2 is 2.18 bits per heavy atom. The van der Waals surface area contributed by atoms with Crippen molar-refractivity contribution in [3.8, 4) is 0 Å². The van der Waals surface area contributed by atoms with Gasteiger partial charge in [-0.2, -0.15) is 0 Å². The first kappa shape index (κ1) is 5.36. The first-order valence-corrected chi connectivity index (χ1v) is 3.58. The van der Waals surface area contributed by atoms with Crippen LogP contribution in [-0.4, -0.2) is 0 Å². The van der Waals surface area contributed by atoms with Crippen molar-refractivity contribution >= 4 is 5.57 Å². The maximum Gasteiger partial charge on any atom is 0.0541 e. The summed E-state index contributed by atoms with van der Waals surface area (Å²) in [5, 5.41) is 0. The molecule has 0 bridgehead atoms. The van der Waals surface area contributed by atoms with Crippen LogP contribution in [0.2, 0.25) is 0 Å². The van der Waals surface area contributed by atoms with Crippen LogP contribution in [0.3, 0.4) is 0 Å². The van der Waals surface area contributed by atoms with Gasteiger partial charge in [-0.05, 0) is 17.6 Å². The minimum atomic E-state index is -0.133. The van der Waals surface area contributed by atoms with Crippen LogP contribution < -0.4 is 0 Å². The molecule has 0 aliphatic rings. The quantitative estimate of drug-likeness (QED) is 0.574. The summed E-state index contributed by atoms with van der Waals surface area (Å²) in [5.41, 5.74) is 1.65. The van der Waals surface area contributed by atoms with Crippen molar-refractivity contribution in [2.45, 2.75) is 6.42 Å². The van der Waals surface area contributed by atoms with Gasteiger partial charge in [0.05, 0.1) is 2.74 Å². The van der Waals surface area contributed by atoms with Gasteiger partial charge in [-0.15, -0.1) is 6.58 Å². The smallest absolute Gasteiger partial charge is 0.0541 e. The van der Waals surface area contributed by atoms with Crippen molar-refractivity contribution < 1.29 is 2.74 Å². The molecule has 0 N–H and O–H groups in total. The topological polar surface area (TPSA) is 0 Å². The third-order valence-electron chi connectivity index (χ3n) is 1.47. The SMILES string of the molecule is [2H]C([2H])=C(CC=C)c1ccccc1. The lowest BCUT2D eigenvalue weighted by atomic mass is 10.1. The van der Waals surface area contributed by atoms with E-state index in [4.69, 9.17) is 2.74 Å². The second-order valence-electron chi connectivity index (χ2n) is 2.34. The highest BCUT2D eigenvalue weighted by atomic mass is 14.0. The average Bonchev–Trinajstić information content (AvgIpc) is 2.15.